The highest BCUT2D eigenvalue weighted by molar-refractivity contribution is 7.91. The summed E-state index contributed by atoms with van der Waals surface area (Å²) in [6.07, 6.45) is 2.68. The Balaban J connectivity index is 1.76. The Labute approximate surface area is 153 Å². The molecule has 0 bridgehead atoms. The zero-order valence-corrected chi connectivity index (χ0v) is 16.3. The Morgan fingerprint density at radius 3 is 2.56 bits per heavy atom. The number of ether oxygens (including phenoxy) is 2. The van der Waals surface area contributed by atoms with Crippen molar-refractivity contribution in [2.45, 2.75) is 36.3 Å². The van der Waals surface area contributed by atoms with E-state index in [1.54, 1.807) is 20.3 Å². The summed E-state index contributed by atoms with van der Waals surface area (Å²) in [5.74, 6) is 1.55. The van der Waals surface area contributed by atoms with E-state index in [0.29, 0.717) is 22.3 Å². The van der Waals surface area contributed by atoms with Crippen LogP contribution in [0.25, 0.3) is 0 Å². The molecule has 0 saturated carbocycles. The van der Waals surface area contributed by atoms with Crippen LogP contribution in [0.5, 0.6) is 11.5 Å². The van der Waals surface area contributed by atoms with Gasteiger partial charge in [0, 0.05) is 11.4 Å². The van der Waals surface area contributed by atoms with Crippen molar-refractivity contribution in [1.82, 2.24) is 4.72 Å². The lowest BCUT2D eigenvalue weighted by atomic mass is 10.0. The standard InChI is InChI=1S/C18H23NO4S2/c1-4-14-7-8-18(24-14)25(20,21)19-11-13-6-5-12-9-16(22-2)17(23-3)10-15(12)13/h7-10,13,19H,4-6,11H2,1-3H3. The second-order valence-electron chi connectivity index (χ2n) is 6.07. The van der Waals surface area contributed by atoms with E-state index in [1.807, 2.05) is 25.1 Å². The fraction of sp³-hybridized carbons (Fsp3) is 0.444. The molecule has 0 amide bonds. The van der Waals surface area contributed by atoms with Crippen molar-refractivity contribution in [3.8, 4) is 11.5 Å². The fourth-order valence-corrected chi connectivity index (χ4v) is 5.63. The molecule has 1 N–H and O–H groups in total. The molecule has 2 aromatic rings. The molecule has 1 aromatic heterocycles. The molecule has 136 valence electrons. The minimum absolute atomic E-state index is 0.148. The molecule has 0 fully saturated rings. The molecule has 0 saturated heterocycles. The molecule has 0 spiro atoms. The van der Waals surface area contributed by atoms with Gasteiger partial charge >= 0.3 is 0 Å². The van der Waals surface area contributed by atoms with E-state index in [2.05, 4.69) is 4.72 Å². The van der Waals surface area contributed by atoms with Crippen molar-refractivity contribution in [2.24, 2.45) is 0 Å². The first-order valence-electron chi connectivity index (χ1n) is 8.31. The van der Waals surface area contributed by atoms with Gasteiger partial charge in [0.1, 0.15) is 4.21 Å². The molecule has 25 heavy (non-hydrogen) atoms. The average molecular weight is 382 g/mol. The Hall–Kier alpha value is -1.57. The SMILES string of the molecule is CCc1ccc(S(=O)(=O)NCC2CCc3cc(OC)c(OC)cc32)s1. The molecule has 1 unspecified atom stereocenters. The van der Waals surface area contributed by atoms with Crippen LogP contribution in [0.15, 0.2) is 28.5 Å². The maximum Gasteiger partial charge on any atom is 0.250 e. The van der Waals surface area contributed by atoms with Crippen molar-refractivity contribution in [2.75, 3.05) is 20.8 Å². The molecular formula is C18H23NO4S2. The molecule has 1 aliphatic carbocycles. The first kappa shape index (κ1) is 18.2. The average Bonchev–Trinajstić information content (AvgIpc) is 3.25. The molecule has 0 radical (unpaired) electrons. The van der Waals surface area contributed by atoms with Crippen molar-refractivity contribution >= 4 is 21.4 Å². The highest BCUT2D eigenvalue weighted by atomic mass is 32.2. The van der Waals surface area contributed by atoms with Gasteiger partial charge in [0.15, 0.2) is 11.5 Å². The summed E-state index contributed by atoms with van der Waals surface area (Å²) in [6, 6.07) is 7.53. The van der Waals surface area contributed by atoms with Gasteiger partial charge in [-0.25, -0.2) is 13.1 Å². The van der Waals surface area contributed by atoms with Crippen LogP contribution in [-0.2, 0) is 22.9 Å². The zero-order chi connectivity index (χ0) is 18.0. The van der Waals surface area contributed by atoms with Gasteiger partial charge in [-0.3, -0.25) is 0 Å². The number of sulfonamides is 1. The van der Waals surface area contributed by atoms with Gasteiger partial charge in [0.05, 0.1) is 14.2 Å². The largest absolute Gasteiger partial charge is 0.493 e. The van der Waals surface area contributed by atoms with Gasteiger partial charge in [-0.1, -0.05) is 6.92 Å². The Morgan fingerprint density at radius 2 is 1.92 bits per heavy atom. The summed E-state index contributed by atoms with van der Waals surface area (Å²) < 4.78 is 38.9. The van der Waals surface area contributed by atoms with E-state index in [9.17, 15) is 8.42 Å². The minimum atomic E-state index is -3.46. The Morgan fingerprint density at radius 1 is 1.20 bits per heavy atom. The minimum Gasteiger partial charge on any atom is -0.493 e. The normalized spacial score (nSPS) is 16.7. The lowest BCUT2D eigenvalue weighted by Gasteiger charge is -2.15. The second-order valence-corrected chi connectivity index (χ2v) is 9.23. The monoisotopic (exact) mass is 381 g/mol. The van der Waals surface area contributed by atoms with Crippen LogP contribution in [0.2, 0.25) is 0 Å². The Kier molecular flexibility index (Phi) is 5.36. The molecule has 1 heterocycles. The quantitative estimate of drug-likeness (QED) is 0.799. The number of aryl methyl sites for hydroxylation is 2. The van der Waals surface area contributed by atoms with E-state index in [0.717, 1.165) is 29.7 Å². The van der Waals surface area contributed by atoms with E-state index in [1.165, 1.54) is 16.9 Å². The van der Waals surface area contributed by atoms with E-state index in [4.69, 9.17) is 9.47 Å². The van der Waals surface area contributed by atoms with Crippen molar-refractivity contribution in [3.63, 3.8) is 0 Å². The maximum absolute atomic E-state index is 12.5. The lowest BCUT2D eigenvalue weighted by Crippen LogP contribution is -2.27. The lowest BCUT2D eigenvalue weighted by molar-refractivity contribution is 0.354. The van der Waals surface area contributed by atoms with Crippen molar-refractivity contribution in [3.05, 3.63) is 40.3 Å². The zero-order valence-electron chi connectivity index (χ0n) is 14.7. The first-order valence-corrected chi connectivity index (χ1v) is 10.6. The van der Waals surface area contributed by atoms with Crippen LogP contribution in [-0.4, -0.2) is 29.2 Å². The smallest absolute Gasteiger partial charge is 0.250 e. The first-order chi connectivity index (χ1) is 12.0. The van der Waals surface area contributed by atoms with Crippen LogP contribution in [0, 0.1) is 0 Å². The summed E-state index contributed by atoms with van der Waals surface area (Å²) in [5, 5.41) is 0. The van der Waals surface area contributed by atoms with Crippen LogP contribution in [0.1, 0.15) is 35.3 Å². The highest BCUT2D eigenvalue weighted by Crippen LogP contribution is 2.40. The van der Waals surface area contributed by atoms with Gasteiger partial charge in [-0.05, 0) is 60.6 Å². The van der Waals surface area contributed by atoms with Gasteiger partial charge in [-0.15, -0.1) is 11.3 Å². The predicted molar refractivity (Wildman–Crippen MR) is 99.5 cm³/mol. The van der Waals surface area contributed by atoms with Crippen LogP contribution >= 0.6 is 11.3 Å². The molecule has 1 atom stereocenters. The van der Waals surface area contributed by atoms with E-state index in [-0.39, 0.29) is 5.92 Å². The third-order valence-electron chi connectivity index (χ3n) is 4.62. The second kappa shape index (κ2) is 7.35. The summed E-state index contributed by atoms with van der Waals surface area (Å²) in [7, 11) is -0.224. The number of benzene rings is 1. The number of methoxy groups -OCH3 is 2. The number of thiophene rings is 1. The summed E-state index contributed by atoms with van der Waals surface area (Å²) in [5.41, 5.74) is 2.34. The fourth-order valence-electron chi connectivity index (χ4n) is 3.20. The molecule has 1 aromatic carbocycles. The number of hydrogen-bond donors (Lipinski definition) is 1. The molecule has 5 nitrogen and oxygen atoms in total. The number of fused-ring (bicyclic) bond motifs is 1. The predicted octanol–water partition coefficient (Wildman–Crippen LogP) is 3.34. The van der Waals surface area contributed by atoms with Crippen LogP contribution in [0.3, 0.4) is 0 Å². The van der Waals surface area contributed by atoms with Crippen molar-refractivity contribution < 1.29 is 17.9 Å². The molecular weight excluding hydrogens is 358 g/mol. The highest BCUT2D eigenvalue weighted by Gasteiger charge is 2.27. The van der Waals surface area contributed by atoms with Crippen LogP contribution in [0.4, 0.5) is 0 Å². The van der Waals surface area contributed by atoms with E-state index >= 15 is 0 Å². The van der Waals surface area contributed by atoms with Crippen molar-refractivity contribution in [1.29, 1.82) is 0 Å². The summed E-state index contributed by atoms with van der Waals surface area (Å²) >= 11 is 1.33. The van der Waals surface area contributed by atoms with Gasteiger partial charge in [0.2, 0.25) is 10.0 Å². The Bertz CT molecular complexity index is 858. The topological polar surface area (TPSA) is 64.6 Å². The van der Waals surface area contributed by atoms with Gasteiger partial charge in [-0.2, -0.15) is 0 Å². The van der Waals surface area contributed by atoms with E-state index < -0.39 is 10.0 Å². The molecule has 7 heteroatoms. The van der Waals surface area contributed by atoms with Gasteiger partial charge in [0.25, 0.3) is 0 Å². The summed E-state index contributed by atoms with van der Waals surface area (Å²) in [6.45, 7) is 2.41. The molecule has 0 aliphatic heterocycles. The number of hydrogen-bond acceptors (Lipinski definition) is 5. The third kappa shape index (κ3) is 3.68. The maximum atomic E-state index is 12.5. The third-order valence-corrected chi connectivity index (χ3v) is 7.76. The van der Waals surface area contributed by atoms with Crippen LogP contribution < -0.4 is 14.2 Å². The molecule has 3 rings (SSSR count). The number of nitrogens with one attached hydrogen (secondary N) is 1. The van der Waals surface area contributed by atoms with Gasteiger partial charge < -0.3 is 9.47 Å². The molecule has 1 aliphatic rings. The summed E-state index contributed by atoms with van der Waals surface area (Å²) in [4.78, 5) is 1.07. The number of rotatable bonds is 7.